The van der Waals surface area contributed by atoms with E-state index in [4.69, 9.17) is 0 Å². The molecule has 1 aliphatic heterocycles. The molecule has 1 aliphatic rings. The largest absolute Gasteiger partial charge is 0.357 e. The number of carbonyl (C=O) groups is 1. The lowest BCUT2D eigenvalue weighted by Gasteiger charge is -2.27. The second kappa shape index (κ2) is 9.91. The molecule has 0 saturated carbocycles. The third-order valence-electron chi connectivity index (χ3n) is 5.39. The Morgan fingerprint density at radius 1 is 0.933 bits per heavy atom. The number of nitrogens with zero attached hydrogens (tertiary/aromatic N) is 4. The number of aromatic nitrogens is 3. The van der Waals surface area contributed by atoms with Gasteiger partial charge in [0.05, 0.1) is 6.54 Å². The Hall–Kier alpha value is -3.35. The molecule has 1 saturated heterocycles. The zero-order valence-electron chi connectivity index (χ0n) is 17.1. The van der Waals surface area contributed by atoms with E-state index in [0.717, 1.165) is 35.6 Å². The molecule has 3 aromatic rings. The number of benzene rings is 1. The zero-order chi connectivity index (χ0) is 20.6. The summed E-state index contributed by atoms with van der Waals surface area (Å²) in [6, 6.07) is 13.9. The Kier molecular flexibility index (Phi) is 6.59. The number of hydrogen-bond acceptors (Lipinski definition) is 4. The van der Waals surface area contributed by atoms with Crippen molar-refractivity contribution >= 4 is 11.8 Å². The standard InChI is InChI=1S/C23H28N6O/c30-23(25-16-19-9-10-22(24-15-19)28-12-4-1-5-13-28)26-17-20-7-2-3-8-21(20)18-29-14-6-11-27-29/h2-3,6-11,14-15H,1,4-5,12-13,16-18H2,(H2,25,26,30). The van der Waals surface area contributed by atoms with Gasteiger partial charge in [0.2, 0.25) is 0 Å². The van der Waals surface area contributed by atoms with Crippen LogP contribution in [0, 0.1) is 0 Å². The molecule has 0 atom stereocenters. The predicted molar refractivity (Wildman–Crippen MR) is 117 cm³/mol. The van der Waals surface area contributed by atoms with Gasteiger partial charge >= 0.3 is 6.03 Å². The van der Waals surface area contributed by atoms with Gasteiger partial charge in [0.15, 0.2) is 0 Å². The van der Waals surface area contributed by atoms with Crippen LogP contribution in [-0.4, -0.2) is 33.9 Å². The van der Waals surface area contributed by atoms with Gasteiger partial charge in [-0.15, -0.1) is 0 Å². The predicted octanol–water partition coefficient (Wildman–Crippen LogP) is 3.32. The van der Waals surface area contributed by atoms with E-state index in [0.29, 0.717) is 19.6 Å². The maximum Gasteiger partial charge on any atom is 0.315 e. The number of urea groups is 1. The lowest BCUT2D eigenvalue weighted by Crippen LogP contribution is -2.35. The third-order valence-corrected chi connectivity index (χ3v) is 5.39. The molecule has 7 nitrogen and oxygen atoms in total. The number of carbonyl (C=O) groups excluding carboxylic acids is 1. The summed E-state index contributed by atoms with van der Waals surface area (Å²) in [5, 5.41) is 10.1. The molecular formula is C23H28N6O. The van der Waals surface area contributed by atoms with Crippen molar-refractivity contribution in [1.29, 1.82) is 0 Å². The molecule has 0 aliphatic carbocycles. The minimum Gasteiger partial charge on any atom is -0.357 e. The lowest BCUT2D eigenvalue weighted by molar-refractivity contribution is 0.240. The highest BCUT2D eigenvalue weighted by Crippen LogP contribution is 2.17. The molecule has 1 fully saturated rings. The topological polar surface area (TPSA) is 75.1 Å². The zero-order valence-corrected chi connectivity index (χ0v) is 17.1. The molecule has 7 heteroatoms. The Labute approximate surface area is 177 Å². The Morgan fingerprint density at radius 3 is 2.47 bits per heavy atom. The smallest absolute Gasteiger partial charge is 0.315 e. The third kappa shape index (κ3) is 5.37. The minimum absolute atomic E-state index is 0.191. The van der Waals surface area contributed by atoms with Crippen LogP contribution in [0.1, 0.15) is 36.0 Å². The highest BCUT2D eigenvalue weighted by atomic mass is 16.2. The molecule has 0 spiro atoms. The summed E-state index contributed by atoms with van der Waals surface area (Å²) in [6.45, 7) is 3.76. The van der Waals surface area contributed by atoms with Crippen LogP contribution in [0.3, 0.4) is 0 Å². The van der Waals surface area contributed by atoms with Gasteiger partial charge in [0.25, 0.3) is 0 Å². The summed E-state index contributed by atoms with van der Waals surface area (Å²) < 4.78 is 1.87. The molecular weight excluding hydrogens is 376 g/mol. The normalized spacial score (nSPS) is 13.8. The molecule has 30 heavy (non-hydrogen) atoms. The summed E-state index contributed by atoms with van der Waals surface area (Å²) in [5.41, 5.74) is 3.21. The first-order valence-corrected chi connectivity index (χ1v) is 10.5. The molecule has 1 aromatic carbocycles. The lowest BCUT2D eigenvalue weighted by atomic mass is 10.1. The number of rotatable bonds is 7. The number of amides is 2. The first-order chi connectivity index (χ1) is 14.8. The fourth-order valence-electron chi connectivity index (χ4n) is 3.70. The van der Waals surface area contributed by atoms with Crippen LogP contribution in [0.5, 0.6) is 0 Å². The van der Waals surface area contributed by atoms with Crippen molar-refractivity contribution in [2.75, 3.05) is 18.0 Å². The number of nitrogens with one attached hydrogen (secondary N) is 2. The van der Waals surface area contributed by atoms with Crippen LogP contribution in [0.4, 0.5) is 10.6 Å². The Morgan fingerprint density at radius 2 is 1.73 bits per heavy atom. The van der Waals surface area contributed by atoms with Crippen molar-refractivity contribution in [2.45, 2.75) is 38.9 Å². The van der Waals surface area contributed by atoms with Crippen LogP contribution in [-0.2, 0) is 19.6 Å². The Balaban J connectivity index is 1.25. The van der Waals surface area contributed by atoms with E-state index in [2.05, 4.69) is 31.7 Å². The molecule has 2 N–H and O–H groups in total. The van der Waals surface area contributed by atoms with E-state index in [1.807, 2.05) is 53.5 Å². The fourth-order valence-corrected chi connectivity index (χ4v) is 3.70. The first kappa shape index (κ1) is 19.9. The van der Waals surface area contributed by atoms with Crippen LogP contribution in [0.25, 0.3) is 0 Å². The molecule has 2 aromatic heterocycles. The molecule has 2 amide bonds. The van der Waals surface area contributed by atoms with Gasteiger partial charge in [-0.25, -0.2) is 9.78 Å². The number of piperidine rings is 1. The van der Waals surface area contributed by atoms with Crippen LogP contribution in [0.15, 0.2) is 61.1 Å². The number of anilines is 1. The SMILES string of the molecule is O=C(NCc1ccc(N2CCCCC2)nc1)NCc1ccccc1Cn1cccn1. The summed E-state index contributed by atoms with van der Waals surface area (Å²) in [4.78, 5) is 19.2. The van der Waals surface area contributed by atoms with Crippen LogP contribution < -0.4 is 15.5 Å². The Bertz CT molecular complexity index is 933. The average molecular weight is 405 g/mol. The number of hydrogen-bond donors (Lipinski definition) is 2. The van der Waals surface area contributed by atoms with Gasteiger partial charge in [-0.3, -0.25) is 4.68 Å². The second-order valence-electron chi connectivity index (χ2n) is 7.58. The maximum atomic E-state index is 12.3. The van der Waals surface area contributed by atoms with E-state index < -0.39 is 0 Å². The molecule has 0 unspecified atom stereocenters. The van der Waals surface area contributed by atoms with Crippen molar-refractivity contribution in [3.63, 3.8) is 0 Å². The fraction of sp³-hybridized carbons (Fsp3) is 0.348. The van der Waals surface area contributed by atoms with Crippen LogP contribution in [0.2, 0.25) is 0 Å². The molecule has 3 heterocycles. The van der Waals surface area contributed by atoms with Gasteiger partial charge in [-0.1, -0.05) is 30.3 Å². The van der Waals surface area contributed by atoms with Gasteiger partial charge < -0.3 is 15.5 Å². The molecule has 4 rings (SSSR count). The highest BCUT2D eigenvalue weighted by Gasteiger charge is 2.12. The van der Waals surface area contributed by atoms with Crippen molar-refractivity contribution < 1.29 is 4.79 Å². The van der Waals surface area contributed by atoms with E-state index in [1.54, 1.807) is 6.20 Å². The van der Waals surface area contributed by atoms with Gasteiger partial charge in [0.1, 0.15) is 5.82 Å². The monoisotopic (exact) mass is 404 g/mol. The second-order valence-corrected chi connectivity index (χ2v) is 7.58. The quantitative estimate of drug-likeness (QED) is 0.634. The van der Waals surface area contributed by atoms with E-state index in [-0.39, 0.29) is 6.03 Å². The summed E-state index contributed by atoms with van der Waals surface area (Å²) in [7, 11) is 0. The number of pyridine rings is 1. The average Bonchev–Trinajstić information content (AvgIpc) is 3.31. The van der Waals surface area contributed by atoms with Gasteiger partial charge in [-0.05, 0) is 48.1 Å². The minimum atomic E-state index is -0.191. The van der Waals surface area contributed by atoms with Gasteiger partial charge in [0, 0.05) is 44.8 Å². The van der Waals surface area contributed by atoms with Crippen molar-refractivity contribution in [3.05, 3.63) is 77.7 Å². The highest BCUT2D eigenvalue weighted by molar-refractivity contribution is 5.73. The van der Waals surface area contributed by atoms with E-state index in [9.17, 15) is 4.79 Å². The van der Waals surface area contributed by atoms with E-state index in [1.165, 1.54) is 19.3 Å². The summed E-state index contributed by atoms with van der Waals surface area (Å²) in [6.07, 6.45) is 9.32. The van der Waals surface area contributed by atoms with Crippen LogP contribution >= 0.6 is 0 Å². The van der Waals surface area contributed by atoms with Crippen molar-refractivity contribution in [2.24, 2.45) is 0 Å². The summed E-state index contributed by atoms with van der Waals surface area (Å²) in [5.74, 6) is 1.02. The van der Waals surface area contributed by atoms with Crippen molar-refractivity contribution in [1.82, 2.24) is 25.4 Å². The first-order valence-electron chi connectivity index (χ1n) is 10.5. The molecule has 156 valence electrons. The van der Waals surface area contributed by atoms with E-state index >= 15 is 0 Å². The summed E-state index contributed by atoms with van der Waals surface area (Å²) >= 11 is 0. The van der Waals surface area contributed by atoms with Gasteiger partial charge in [-0.2, -0.15) is 5.10 Å². The maximum absolute atomic E-state index is 12.3. The molecule has 0 bridgehead atoms. The molecule has 0 radical (unpaired) electrons. The van der Waals surface area contributed by atoms with Crippen molar-refractivity contribution in [3.8, 4) is 0 Å².